The second-order valence-electron chi connectivity index (χ2n) is 4.88. The van der Waals surface area contributed by atoms with Crippen molar-refractivity contribution in [3.63, 3.8) is 0 Å². The Labute approximate surface area is 96.6 Å². The third kappa shape index (κ3) is 3.36. The van der Waals surface area contributed by atoms with Crippen LogP contribution in [0.1, 0.15) is 40.2 Å². The van der Waals surface area contributed by atoms with Crippen LogP contribution < -0.4 is 0 Å². The van der Waals surface area contributed by atoms with Gasteiger partial charge in [0.1, 0.15) is 0 Å². The number of carbonyl (C=O) groups is 1. The Kier molecular flexibility index (Phi) is 4.10. The molecule has 0 aliphatic heterocycles. The van der Waals surface area contributed by atoms with Gasteiger partial charge in [-0.3, -0.25) is 9.48 Å². The molecular weight excluding hydrogens is 204 g/mol. The Hall–Kier alpha value is -1.32. The van der Waals surface area contributed by atoms with E-state index in [-0.39, 0.29) is 17.4 Å². The van der Waals surface area contributed by atoms with E-state index in [1.165, 1.54) is 0 Å². The van der Waals surface area contributed by atoms with E-state index in [9.17, 15) is 4.79 Å². The number of ether oxygens (including phenoxy) is 1. The average Bonchev–Trinajstić information content (AvgIpc) is 2.65. The molecule has 1 aromatic rings. The van der Waals surface area contributed by atoms with Crippen LogP contribution in [0.5, 0.6) is 0 Å². The topological polar surface area (TPSA) is 44.1 Å². The van der Waals surface area contributed by atoms with Crippen LogP contribution in [0, 0.1) is 5.41 Å². The first-order valence-corrected chi connectivity index (χ1v) is 5.60. The monoisotopic (exact) mass is 224 g/mol. The van der Waals surface area contributed by atoms with Gasteiger partial charge in [-0.25, -0.2) is 0 Å². The first kappa shape index (κ1) is 12.7. The average molecular weight is 224 g/mol. The summed E-state index contributed by atoms with van der Waals surface area (Å²) in [5, 5.41) is 4.21. The largest absolute Gasteiger partial charge is 0.466 e. The number of esters is 1. The normalized spacial score (nSPS) is 13.5. The molecule has 4 heteroatoms. The molecule has 1 heterocycles. The number of carbonyl (C=O) groups excluding carboxylic acids is 1. The quantitative estimate of drug-likeness (QED) is 0.738. The first-order chi connectivity index (χ1) is 7.45. The number of rotatable bonds is 4. The zero-order valence-electron chi connectivity index (χ0n) is 10.4. The molecular formula is C12H20N2O2. The first-order valence-electron chi connectivity index (χ1n) is 5.60. The van der Waals surface area contributed by atoms with Crippen LogP contribution in [-0.4, -0.2) is 22.4 Å². The number of aromatic nitrogens is 2. The van der Waals surface area contributed by atoms with E-state index in [2.05, 4.69) is 25.9 Å². The van der Waals surface area contributed by atoms with Crippen molar-refractivity contribution in [3.8, 4) is 0 Å². The summed E-state index contributed by atoms with van der Waals surface area (Å²) in [5.41, 5.74) is -0.0290. The van der Waals surface area contributed by atoms with E-state index in [4.69, 9.17) is 4.74 Å². The Morgan fingerprint density at radius 3 is 2.62 bits per heavy atom. The van der Waals surface area contributed by atoms with Gasteiger partial charge in [0, 0.05) is 12.4 Å². The molecule has 16 heavy (non-hydrogen) atoms. The fourth-order valence-electron chi connectivity index (χ4n) is 1.64. The minimum Gasteiger partial charge on any atom is -0.466 e. The lowest BCUT2D eigenvalue weighted by Crippen LogP contribution is -2.28. The summed E-state index contributed by atoms with van der Waals surface area (Å²) in [6.07, 6.45) is 3.97. The second kappa shape index (κ2) is 5.14. The molecule has 1 atom stereocenters. The van der Waals surface area contributed by atoms with Crippen molar-refractivity contribution >= 4 is 5.97 Å². The van der Waals surface area contributed by atoms with Crippen molar-refractivity contribution in [2.24, 2.45) is 5.41 Å². The lowest BCUT2D eigenvalue weighted by Gasteiger charge is -2.30. The molecule has 0 amide bonds. The molecule has 90 valence electrons. The molecule has 0 spiro atoms. The maximum atomic E-state index is 11.5. The third-order valence-electron chi connectivity index (χ3n) is 2.51. The van der Waals surface area contributed by atoms with E-state index in [1.54, 1.807) is 6.20 Å². The van der Waals surface area contributed by atoms with Gasteiger partial charge >= 0.3 is 5.97 Å². The second-order valence-corrected chi connectivity index (χ2v) is 4.88. The zero-order valence-corrected chi connectivity index (χ0v) is 10.4. The van der Waals surface area contributed by atoms with Gasteiger partial charge < -0.3 is 4.74 Å². The van der Waals surface area contributed by atoms with Crippen molar-refractivity contribution in [1.29, 1.82) is 0 Å². The molecule has 0 bridgehead atoms. The summed E-state index contributed by atoms with van der Waals surface area (Å²) in [6, 6.07) is 1.89. The highest BCUT2D eigenvalue weighted by atomic mass is 16.5. The molecule has 1 aromatic heterocycles. The maximum absolute atomic E-state index is 11.5. The summed E-state index contributed by atoms with van der Waals surface area (Å²) in [6.45, 7) is 8.53. The Balaban J connectivity index is 2.78. The van der Waals surface area contributed by atoms with Gasteiger partial charge in [0.05, 0.1) is 19.1 Å². The van der Waals surface area contributed by atoms with Crippen molar-refractivity contribution in [2.75, 3.05) is 6.61 Å². The van der Waals surface area contributed by atoms with Crippen LogP contribution in [0.25, 0.3) is 0 Å². The van der Waals surface area contributed by atoms with Gasteiger partial charge in [-0.05, 0) is 18.4 Å². The van der Waals surface area contributed by atoms with Crippen molar-refractivity contribution in [1.82, 2.24) is 9.78 Å². The molecule has 0 saturated heterocycles. The number of nitrogens with zero attached hydrogens (tertiary/aromatic N) is 2. The molecule has 0 saturated carbocycles. The van der Waals surface area contributed by atoms with Crippen LogP contribution in [-0.2, 0) is 9.53 Å². The van der Waals surface area contributed by atoms with E-state index in [0.717, 1.165) is 0 Å². The van der Waals surface area contributed by atoms with Crippen molar-refractivity contribution in [2.45, 2.75) is 40.2 Å². The fourth-order valence-corrected chi connectivity index (χ4v) is 1.64. The summed E-state index contributed by atoms with van der Waals surface area (Å²) >= 11 is 0. The SMILES string of the molecule is CCOC(=O)CC(n1cccn1)C(C)(C)C. The predicted molar refractivity (Wildman–Crippen MR) is 62.0 cm³/mol. The zero-order chi connectivity index (χ0) is 12.2. The summed E-state index contributed by atoms with van der Waals surface area (Å²) in [5.74, 6) is -0.169. The Bertz CT molecular complexity index is 325. The highest BCUT2D eigenvalue weighted by Crippen LogP contribution is 2.32. The molecule has 1 unspecified atom stereocenters. The standard InChI is InChI=1S/C12H20N2O2/c1-5-16-11(15)9-10(12(2,3)4)14-8-6-7-13-14/h6-8,10H,5,9H2,1-4H3. The summed E-state index contributed by atoms with van der Waals surface area (Å²) in [7, 11) is 0. The molecule has 0 radical (unpaired) electrons. The van der Waals surface area contributed by atoms with Gasteiger partial charge in [-0.2, -0.15) is 5.10 Å². The molecule has 0 aliphatic carbocycles. The highest BCUT2D eigenvalue weighted by Gasteiger charge is 2.29. The number of hydrogen-bond acceptors (Lipinski definition) is 3. The van der Waals surface area contributed by atoms with E-state index < -0.39 is 0 Å². The van der Waals surface area contributed by atoms with Gasteiger partial charge in [0.25, 0.3) is 0 Å². The molecule has 1 rings (SSSR count). The minimum absolute atomic E-state index is 0.0290. The Morgan fingerprint density at radius 1 is 1.50 bits per heavy atom. The van der Waals surface area contributed by atoms with E-state index >= 15 is 0 Å². The van der Waals surface area contributed by atoms with E-state index in [0.29, 0.717) is 13.0 Å². The van der Waals surface area contributed by atoms with Crippen LogP contribution >= 0.6 is 0 Å². The van der Waals surface area contributed by atoms with Gasteiger partial charge in [0.2, 0.25) is 0 Å². The lowest BCUT2D eigenvalue weighted by molar-refractivity contribution is -0.145. The lowest BCUT2D eigenvalue weighted by atomic mass is 9.85. The van der Waals surface area contributed by atoms with Gasteiger partial charge in [0.15, 0.2) is 0 Å². The number of hydrogen-bond donors (Lipinski definition) is 0. The molecule has 4 nitrogen and oxygen atoms in total. The van der Waals surface area contributed by atoms with Crippen LogP contribution in [0.3, 0.4) is 0 Å². The van der Waals surface area contributed by atoms with Crippen LogP contribution in [0.15, 0.2) is 18.5 Å². The van der Waals surface area contributed by atoms with Gasteiger partial charge in [-0.1, -0.05) is 20.8 Å². The van der Waals surface area contributed by atoms with Crippen molar-refractivity contribution < 1.29 is 9.53 Å². The van der Waals surface area contributed by atoms with Gasteiger partial charge in [-0.15, -0.1) is 0 Å². The van der Waals surface area contributed by atoms with Crippen LogP contribution in [0.2, 0.25) is 0 Å². The highest BCUT2D eigenvalue weighted by molar-refractivity contribution is 5.70. The minimum atomic E-state index is -0.169. The van der Waals surface area contributed by atoms with Crippen LogP contribution in [0.4, 0.5) is 0 Å². The summed E-state index contributed by atoms with van der Waals surface area (Å²) < 4.78 is 6.82. The summed E-state index contributed by atoms with van der Waals surface area (Å²) in [4.78, 5) is 11.5. The van der Waals surface area contributed by atoms with E-state index in [1.807, 2.05) is 23.9 Å². The molecule has 0 fully saturated rings. The smallest absolute Gasteiger partial charge is 0.307 e. The molecule has 0 N–H and O–H groups in total. The maximum Gasteiger partial charge on any atom is 0.307 e. The predicted octanol–water partition coefficient (Wildman–Crippen LogP) is 2.42. The fraction of sp³-hybridized carbons (Fsp3) is 0.667. The molecule has 0 aliphatic rings. The third-order valence-corrected chi connectivity index (χ3v) is 2.51. The molecule has 0 aromatic carbocycles. The van der Waals surface area contributed by atoms with Crippen molar-refractivity contribution in [3.05, 3.63) is 18.5 Å². The Morgan fingerprint density at radius 2 is 2.19 bits per heavy atom.